The van der Waals surface area contributed by atoms with Crippen LogP contribution in [0.3, 0.4) is 0 Å². The molecular formula is C12H18N2OS. The van der Waals surface area contributed by atoms with E-state index in [0.717, 1.165) is 19.4 Å². The minimum Gasteiger partial charge on any atom is -0.396 e. The second-order valence-corrected chi connectivity index (χ2v) is 6.13. The number of rotatable bonds is 2. The summed E-state index contributed by atoms with van der Waals surface area (Å²) in [4.78, 5) is 4.76. The Bertz CT molecular complexity index is 371. The Morgan fingerprint density at radius 3 is 3.19 bits per heavy atom. The number of thioether (sulfide) groups is 1. The molecule has 88 valence electrons. The van der Waals surface area contributed by atoms with Crippen LogP contribution in [0.15, 0.2) is 6.20 Å². The monoisotopic (exact) mass is 238 g/mol. The number of aromatic nitrogens is 2. The number of imidazole rings is 1. The average Bonchev–Trinajstić information content (AvgIpc) is 2.96. The van der Waals surface area contributed by atoms with Crippen LogP contribution in [0.5, 0.6) is 0 Å². The van der Waals surface area contributed by atoms with Crippen LogP contribution < -0.4 is 0 Å². The van der Waals surface area contributed by atoms with E-state index in [2.05, 4.69) is 10.8 Å². The first kappa shape index (κ1) is 10.7. The molecule has 1 N–H and O–H groups in total. The van der Waals surface area contributed by atoms with E-state index < -0.39 is 0 Å². The molecule has 1 aromatic rings. The van der Waals surface area contributed by atoms with Gasteiger partial charge in [-0.15, -0.1) is 0 Å². The van der Waals surface area contributed by atoms with Crippen LogP contribution in [0.2, 0.25) is 0 Å². The number of hydrogen-bond donors (Lipinski definition) is 1. The molecule has 1 saturated heterocycles. The molecule has 0 amide bonds. The molecule has 2 atom stereocenters. The van der Waals surface area contributed by atoms with Crippen molar-refractivity contribution in [2.45, 2.75) is 37.5 Å². The Hall–Kier alpha value is -0.480. The molecule has 0 radical (unpaired) electrons. The lowest BCUT2D eigenvalue weighted by atomic mass is 10.0. The second-order valence-electron chi connectivity index (χ2n) is 4.82. The highest BCUT2D eigenvalue weighted by atomic mass is 32.2. The molecule has 2 aliphatic heterocycles. The number of aliphatic hydroxyl groups is 1. The lowest BCUT2D eigenvalue weighted by Crippen LogP contribution is -2.22. The van der Waals surface area contributed by atoms with Crippen molar-refractivity contribution in [3.8, 4) is 0 Å². The van der Waals surface area contributed by atoms with E-state index in [1.165, 1.54) is 30.1 Å². The molecule has 1 aromatic heterocycles. The molecule has 1 fully saturated rings. The molecule has 0 aromatic carbocycles. The summed E-state index contributed by atoms with van der Waals surface area (Å²) in [6.07, 6.45) is 6.95. The van der Waals surface area contributed by atoms with E-state index in [-0.39, 0.29) is 0 Å². The lowest BCUT2D eigenvalue weighted by molar-refractivity contribution is 0.190. The van der Waals surface area contributed by atoms with Crippen molar-refractivity contribution in [3.63, 3.8) is 0 Å². The molecule has 0 saturated carbocycles. The van der Waals surface area contributed by atoms with Crippen molar-refractivity contribution in [1.29, 1.82) is 0 Å². The van der Waals surface area contributed by atoms with Crippen LogP contribution >= 0.6 is 11.8 Å². The first-order chi connectivity index (χ1) is 7.86. The van der Waals surface area contributed by atoms with Gasteiger partial charge in [0.25, 0.3) is 0 Å². The maximum atomic E-state index is 9.20. The quantitative estimate of drug-likeness (QED) is 0.856. The van der Waals surface area contributed by atoms with Gasteiger partial charge in [0.15, 0.2) is 0 Å². The third-order valence-corrected chi connectivity index (χ3v) is 5.03. The summed E-state index contributed by atoms with van der Waals surface area (Å²) in [6, 6.07) is 0. The Balaban J connectivity index is 1.80. The number of fused-ring (bicyclic) bond motifs is 1. The fourth-order valence-corrected chi connectivity index (χ4v) is 3.89. The normalized spacial score (nSPS) is 29.3. The van der Waals surface area contributed by atoms with Crippen LogP contribution in [0, 0.1) is 5.92 Å². The Kier molecular flexibility index (Phi) is 2.94. The maximum absolute atomic E-state index is 9.20. The summed E-state index contributed by atoms with van der Waals surface area (Å²) < 4.78 is 2.26. The third kappa shape index (κ3) is 1.89. The predicted octanol–water partition coefficient (Wildman–Crippen LogP) is 2.01. The van der Waals surface area contributed by atoms with Crippen LogP contribution in [0.1, 0.15) is 36.0 Å². The van der Waals surface area contributed by atoms with Gasteiger partial charge in [0.1, 0.15) is 5.82 Å². The van der Waals surface area contributed by atoms with Gasteiger partial charge in [-0.3, -0.25) is 0 Å². The molecular weight excluding hydrogens is 220 g/mol. The van der Waals surface area contributed by atoms with Gasteiger partial charge in [0.2, 0.25) is 0 Å². The van der Waals surface area contributed by atoms with Gasteiger partial charge in [0, 0.05) is 36.9 Å². The van der Waals surface area contributed by atoms with Gasteiger partial charge in [-0.05, 0) is 25.0 Å². The molecule has 3 rings (SSSR count). The summed E-state index contributed by atoms with van der Waals surface area (Å²) in [5.74, 6) is 2.95. The molecule has 2 unspecified atom stereocenters. The van der Waals surface area contributed by atoms with Crippen LogP contribution in [0.25, 0.3) is 0 Å². The SMILES string of the molecule is OCC1CCc2nc(C3CCCS3)cn2C1. The zero-order valence-corrected chi connectivity index (χ0v) is 10.2. The molecule has 0 spiro atoms. The molecule has 0 bridgehead atoms. The summed E-state index contributed by atoms with van der Waals surface area (Å²) in [6.45, 7) is 1.27. The summed E-state index contributed by atoms with van der Waals surface area (Å²) >= 11 is 2.04. The fraction of sp³-hybridized carbons (Fsp3) is 0.750. The molecule has 2 aliphatic rings. The number of aryl methyl sites for hydroxylation is 1. The minimum absolute atomic E-state index is 0.311. The van der Waals surface area contributed by atoms with Gasteiger partial charge in [-0.1, -0.05) is 0 Å². The highest BCUT2D eigenvalue weighted by Gasteiger charge is 2.24. The predicted molar refractivity (Wildman–Crippen MR) is 65.6 cm³/mol. The van der Waals surface area contributed by atoms with Crippen molar-refractivity contribution < 1.29 is 5.11 Å². The molecule has 3 nitrogen and oxygen atoms in total. The van der Waals surface area contributed by atoms with Crippen molar-refractivity contribution in [2.24, 2.45) is 5.92 Å². The Labute approximate surface area is 100 Å². The molecule has 4 heteroatoms. The Morgan fingerprint density at radius 1 is 1.50 bits per heavy atom. The number of aliphatic hydroxyl groups excluding tert-OH is 1. The van der Waals surface area contributed by atoms with E-state index in [9.17, 15) is 5.11 Å². The minimum atomic E-state index is 0.311. The lowest BCUT2D eigenvalue weighted by Gasteiger charge is -2.21. The largest absolute Gasteiger partial charge is 0.396 e. The molecule has 0 aliphatic carbocycles. The van der Waals surface area contributed by atoms with Crippen LogP contribution in [-0.4, -0.2) is 27.0 Å². The second kappa shape index (κ2) is 4.41. The smallest absolute Gasteiger partial charge is 0.109 e. The zero-order chi connectivity index (χ0) is 11.0. The first-order valence-electron chi connectivity index (χ1n) is 6.15. The van der Waals surface area contributed by atoms with E-state index >= 15 is 0 Å². The van der Waals surface area contributed by atoms with Gasteiger partial charge >= 0.3 is 0 Å². The number of nitrogens with zero attached hydrogens (tertiary/aromatic N) is 2. The van der Waals surface area contributed by atoms with Gasteiger partial charge in [-0.25, -0.2) is 4.98 Å². The first-order valence-corrected chi connectivity index (χ1v) is 7.20. The van der Waals surface area contributed by atoms with Crippen molar-refractivity contribution in [2.75, 3.05) is 12.4 Å². The van der Waals surface area contributed by atoms with Crippen LogP contribution in [0.4, 0.5) is 0 Å². The van der Waals surface area contributed by atoms with Crippen molar-refractivity contribution in [3.05, 3.63) is 17.7 Å². The maximum Gasteiger partial charge on any atom is 0.109 e. The zero-order valence-electron chi connectivity index (χ0n) is 9.43. The Morgan fingerprint density at radius 2 is 2.44 bits per heavy atom. The number of hydrogen-bond acceptors (Lipinski definition) is 3. The average molecular weight is 238 g/mol. The highest BCUT2D eigenvalue weighted by Crippen LogP contribution is 2.39. The summed E-state index contributed by atoms with van der Waals surface area (Å²) in [5.41, 5.74) is 1.27. The van der Waals surface area contributed by atoms with E-state index in [4.69, 9.17) is 4.98 Å². The van der Waals surface area contributed by atoms with Gasteiger partial charge in [-0.2, -0.15) is 11.8 Å². The van der Waals surface area contributed by atoms with Crippen molar-refractivity contribution in [1.82, 2.24) is 9.55 Å². The van der Waals surface area contributed by atoms with Gasteiger partial charge in [0.05, 0.1) is 5.69 Å². The topological polar surface area (TPSA) is 38.1 Å². The molecule has 16 heavy (non-hydrogen) atoms. The van der Waals surface area contributed by atoms with Crippen molar-refractivity contribution >= 4 is 11.8 Å². The van der Waals surface area contributed by atoms with Gasteiger partial charge < -0.3 is 9.67 Å². The van der Waals surface area contributed by atoms with E-state index in [1.807, 2.05) is 11.8 Å². The summed E-state index contributed by atoms with van der Waals surface area (Å²) in [5, 5.41) is 9.83. The third-order valence-electron chi connectivity index (χ3n) is 3.63. The summed E-state index contributed by atoms with van der Waals surface area (Å²) in [7, 11) is 0. The highest BCUT2D eigenvalue weighted by molar-refractivity contribution is 7.99. The van der Waals surface area contributed by atoms with E-state index in [1.54, 1.807) is 0 Å². The standard InChI is InChI=1S/C12H18N2OS/c15-8-9-3-4-12-13-10(7-14(12)6-9)11-2-1-5-16-11/h7,9,11,15H,1-6,8H2. The van der Waals surface area contributed by atoms with E-state index in [0.29, 0.717) is 17.8 Å². The molecule has 3 heterocycles. The fourth-order valence-electron chi connectivity index (χ4n) is 2.65. The van der Waals surface area contributed by atoms with Crippen LogP contribution in [-0.2, 0) is 13.0 Å².